The summed E-state index contributed by atoms with van der Waals surface area (Å²) >= 11 is 1.56. The maximum Gasteiger partial charge on any atom is 0.227 e. The summed E-state index contributed by atoms with van der Waals surface area (Å²) in [6.07, 6.45) is 2.99. The fourth-order valence-corrected chi connectivity index (χ4v) is 4.96. The summed E-state index contributed by atoms with van der Waals surface area (Å²) in [6, 6.07) is 8.16. The molecule has 1 aliphatic heterocycles. The second kappa shape index (κ2) is 7.90. The molecule has 0 saturated carbocycles. The number of aryl methyl sites for hydroxylation is 2. The zero-order valence-corrected chi connectivity index (χ0v) is 16.6. The molecule has 1 aromatic heterocycles. The van der Waals surface area contributed by atoms with Crippen molar-refractivity contribution in [3.8, 4) is 0 Å². The lowest BCUT2D eigenvalue weighted by Gasteiger charge is -2.34. The van der Waals surface area contributed by atoms with Crippen molar-refractivity contribution in [2.45, 2.75) is 39.2 Å². The highest BCUT2D eigenvalue weighted by atomic mass is 32.1. The number of hydrogen-bond donors (Lipinski definition) is 0. The van der Waals surface area contributed by atoms with Crippen LogP contribution in [-0.4, -0.2) is 52.7 Å². The van der Waals surface area contributed by atoms with Crippen LogP contribution in [0, 0.1) is 6.92 Å². The van der Waals surface area contributed by atoms with Crippen LogP contribution in [0.4, 0.5) is 0 Å². The van der Waals surface area contributed by atoms with Gasteiger partial charge < -0.3 is 4.90 Å². The summed E-state index contributed by atoms with van der Waals surface area (Å²) in [4.78, 5) is 34.4. The number of Topliss-reactive ketones (excluding diaryl/α,β-unsaturated/α-hetero) is 1. The minimum absolute atomic E-state index is 0.204. The highest BCUT2D eigenvalue weighted by molar-refractivity contribution is 7.13. The Bertz CT molecular complexity index is 853. The van der Waals surface area contributed by atoms with E-state index in [0.29, 0.717) is 12.8 Å². The normalized spacial score (nSPS) is 17.8. The average Bonchev–Trinajstić information content (AvgIpc) is 3.06. The minimum Gasteiger partial charge on any atom is -0.340 e. The van der Waals surface area contributed by atoms with Gasteiger partial charge in [-0.3, -0.25) is 14.5 Å². The van der Waals surface area contributed by atoms with Crippen LogP contribution in [0.25, 0.3) is 0 Å². The summed E-state index contributed by atoms with van der Waals surface area (Å²) in [7, 11) is 0. The first-order valence-electron chi connectivity index (χ1n) is 9.66. The molecule has 142 valence electrons. The molecule has 2 heterocycles. The van der Waals surface area contributed by atoms with Crippen LogP contribution in [-0.2, 0) is 24.2 Å². The molecule has 1 aromatic carbocycles. The molecule has 0 radical (unpaired) electrons. The summed E-state index contributed by atoms with van der Waals surface area (Å²) in [5.74, 6) is 0.460. The number of aromatic nitrogens is 1. The van der Waals surface area contributed by atoms with Crippen molar-refractivity contribution in [1.82, 2.24) is 14.8 Å². The van der Waals surface area contributed by atoms with E-state index in [0.717, 1.165) is 66.7 Å². The molecule has 1 aliphatic carbocycles. The Kier molecular flexibility index (Phi) is 5.36. The van der Waals surface area contributed by atoms with Crippen LogP contribution < -0.4 is 0 Å². The molecule has 1 amide bonds. The van der Waals surface area contributed by atoms with Crippen LogP contribution in [0.1, 0.15) is 44.3 Å². The number of rotatable bonds is 4. The van der Waals surface area contributed by atoms with Crippen LogP contribution in [0.2, 0.25) is 0 Å². The molecule has 27 heavy (non-hydrogen) atoms. The zero-order valence-electron chi connectivity index (χ0n) is 15.7. The monoisotopic (exact) mass is 383 g/mol. The molecule has 2 aliphatic rings. The number of nitrogens with zero attached hydrogens (tertiary/aromatic N) is 3. The lowest BCUT2D eigenvalue weighted by Crippen LogP contribution is -2.48. The molecule has 0 atom stereocenters. The Morgan fingerprint density at radius 1 is 1.19 bits per heavy atom. The van der Waals surface area contributed by atoms with Crippen molar-refractivity contribution in [1.29, 1.82) is 0 Å². The SMILES string of the molecule is Cc1cccc(CC(=O)N2CCN(Cc3nc4c(s3)C(=O)CCC4)CC2)c1. The fourth-order valence-electron chi connectivity index (χ4n) is 3.84. The van der Waals surface area contributed by atoms with Crippen molar-refractivity contribution in [3.63, 3.8) is 0 Å². The van der Waals surface area contributed by atoms with Crippen LogP contribution >= 0.6 is 11.3 Å². The third-order valence-electron chi connectivity index (χ3n) is 5.33. The number of amides is 1. The smallest absolute Gasteiger partial charge is 0.227 e. The van der Waals surface area contributed by atoms with Gasteiger partial charge in [-0.1, -0.05) is 29.8 Å². The largest absolute Gasteiger partial charge is 0.340 e. The van der Waals surface area contributed by atoms with Gasteiger partial charge in [-0.05, 0) is 25.3 Å². The van der Waals surface area contributed by atoms with E-state index in [1.807, 2.05) is 17.0 Å². The Morgan fingerprint density at radius 3 is 2.74 bits per heavy atom. The lowest BCUT2D eigenvalue weighted by molar-refractivity contribution is -0.132. The number of thiazole rings is 1. The number of piperazine rings is 1. The molecule has 2 aromatic rings. The van der Waals surface area contributed by atoms with E-state index in [2.05, 4.69) is 28.9 Å². The van der Waals surface area contributed by atoms with E-state index in [9.17, 15) is 9.59 Å². The van der Waals surface area contributed by atoms with Gasteiger partial charge in [-0.15, -0.1) is 11.3 Å². The predicted octanol–water partition coefficient (Wildman–Crippen LogP) is 2.86. The zero-order chi connectivity index (χ0) is 18.8. The number of benzene rings is 1. The molecule has 1 fully saturated rings. The Labute approximate surface area is 164 Å². The topological polar surface area (TPSA) is 53.5 Å². The minimum atomic E-state index is 0.204. The number of carbonyl (C=O) groups is 2. The van der Waals surface area contributed by atoms with Crippen LogP contribution in [0.15, 0.2) is 24.3 Å². The van der Waals surface area contributed by atoms with Gasteiger partial charge in [0.2, 0.25) is 5.91 Å². The van der Waals surface area contributed by atoms with Gasteiger partial charge in [0, 0.05) is 32.6 Å². The maximum absolute atomic E-state index is 12.6. The number of hydrogen-bond acceptors (Lipinski definition) is 5. The van der Waals surface area contributed by atoms with Gasteiger partial charge in [0.25, 0.3) is 0 Å². The molecular weight excluding hydrogens is 358 g/mol. The second-order valence-electron chi connectivity index (χ2n) is 7.48. The molecule has 4 rings (SSSR count). The highest BCUT2D eigenvalue weighted by Gasteiger charge is 2.25. The van der Waals surface area contributed by atoms with Gasteiger partial charge in [-0.25, -0.2) is 4.98 Å². The molecule has 0 spiro atoms. The molecule has 0 unspecified atom stereocenters. The lowest BCUT2D eigenvalue weighted by atomic mass is 10.0. The summed E-state index contributed by atoms with van der Waals surface area (Å²) in [5.41, 5.74) is 3.27. The standard InChI is InChI=1S/C21H25N3O2S/c1-15-4-2-5-16(12-15)13-20(26)24-10-8-23(9-11-24)14-19-22-17-6-3-7-18(25)21(17)27-19/h2,4-5,12H,3,6-11,13-14H2,1H3. The summed E-state index contributed by atoms with van der Waals surface area (Å²) in [5, 5.41) is 1.04. The first-order chi connectivity index (χ1) is 13.1. The van der Waals surface area contributed by atoms with E-state index in [-0.39, 0.29) is 11.7 Å². The van der Waals surface area contributed by atoms with Gasteiger partial charge >= 0.3 is 0 Å². The Balaban J connectivity index is 1.30. The van der Waals surface area contributed by atoms with Crippen molar-refractivity contribution in [3.05, 3.63) is 51.0 Å². The molecule has 5 nitrogen and oxygen atoms in total. The van der Waals surface area contributed by atoms with Crippen molar-refractivity contribution >= 4 is 23.0 Å². The van der Waals surface area contributed by atoms with Crippen molar-refractivity contribution in [2.24, 2.45) is 0 Å². The van der Waals surface area contributed by atoms with Gasteiger partial charge in [0.05, 0.1) is 23.5 Å². The quantitative estimate of drug-likeness (QED) is 0.815. The number of carbonyl (C=O) groups excluding carboxylic acids is 2. The number of fused-ring (bicyclic) bond motifs is 1. The Hall–Kier alpha value is -2.05. The van der Waals surface area contributed by atoms with Gasteiger partial charge in [0.1, 0.15) is 5.01 Å². The van der Waals surface area contributed by atoms with Crippen molar-refractivity contribution < 1.29 is 9.59 Å². The number of ketones is 1. The van der Waals surface area contributed by atoms with Crippen LogP contribution in [0.5, 0.6) is 0 Å². The molecular formula is C21H25N3O2S. The van der Waals surface area contributed by atoms with E-state index in [1.54, 1.807) is 11.3 Å². The van der Waals surface area contributed by atoms with Crippen molar-refractivity contribution in [2.75, 3.05) is 26.2 Å². The summed E-state index contributed by atoms with van der Waals surface area (Å²) in [6.45, 7) is 6.07. The van der Waals surface area contributed by atoms with Gasteiger partial charge in [0.15, 0.2) is 5.78 Å². The van der Waals surface area contributed by atoms with E-state index in [4.69, 9.17) is 0 Å². The second-order valence-corrected chi connectivity index (χ2v) is 8.57. The first kappa shape index (κ1) is 18.3. The fraction of sp³-hybridized carbons (Fsp3) is 0.476. The van der Waals surface area contributed by atoms with Gasteiger partial charge in [-0.2, -0.15) is 0 Å². The van der Waals surface area contributed by atoms with Crippen LogP contribution in [0.3, 0.4) is 0 Å². The molecule has 0 bridgehead atoms. The third-order valence-corrected chi connectivity index (χ3v) is 6.46. The van der Waals surface area contributed by atoms with E-state index < -0.39 is 0 Å². The molecule has 1 saturated heterocycles. The third kappa shape index (κ3) is 4.28. The summed E-state index contributed by atoms with van der Waals surface area (Å²) < 4.78 is 0. The van der Waals surface area contributed by atoms with E-state index >= 15 is 0 Å². The maximum atomic E-state index is 12.6. The molecule has 6 heteroatoms. The Morgan fingerprint density at radius 2 is 2.00 bits per heavy atom. The molecule has 0 N–H and O–H groups in total. The predicted molar refractivity (Wildman–Crippen MR) is 106 cm³/mol. The first-order valence-corrected chi connectivity index (χ1v) is 10.5. The highest BCUT2D eigenvalue weighted by Crippen LogP contribution is 2.27. The van der Waals surface area contributed by atoms with E-state index in [1.165, 1.54) is 5.56 Å². The average molecular weight is 384 g/mol.